The van der Waals surface area contributed by atoms with E-state index in [4.69, 9.17) is 26.6 Å². The van der Waals surface area contributed by atoms with Crippen LogP contribution in [0.2, 0.25) is 5.02 Å². The third-order valence-corrected chi connectivity index (χ3v) is 3.12. The highest BCUT2D eigenvalue weighted by molar-refractivity contribution is 6.33. The fourth-order valence-corrected chi connectivity index (χ4v) is 1.99. The molecule has 0 aliphatic carbocycles. The van der Waals surface area contributed by atoms with Crippen molar-refractivity contribution in [2.45, 2.75) is 25.9 Å². The Balaban J connectivity index is 2.32. The van der Waals surface area contributed by atoms with Crippen LogP contribution in [0.5, 0.6) is 0 Å². The number of methoxy groups -OCH3 is 1. The van der Waals surface area contributed by atoms with Gasteiger partial charge in [-0.3, -0.25) is 0 Å². The molecule has 0 bridgehead atoms. The van der Waals surface area contributed by atoms with Gasteiger partial charge in [0.2, 0.25) is 5.82 Å². The minimum absolute atomic E-state index is 0.165. The molecule has 0 aliphatic rings. The van der Waals surface area contributed by atoms with Gasteiger partial charge in [0.25, 0.3) is 5.89 Å². The zero-order valence-electron chi connectivity index (χ0n) is 10.9. The third-order valence-electron chi connectivity index (χ3n) is 2.79. The SMILES string of the molecule is CCCC(OC)c1noc(-c2cc(N)ccc2Cl)n1. The average molecular weight is 282 g/mol. The molecular weight excluding hydrogens is 266 g/mol. The summed E-state index contributed by atoms with van der Waals surface area (Å²) >= 11 is 6.10. The van der Waals surface area contributed by atoms with Crippen LogP contribution in [0.3, 0.4) is 0 Å². The first kappa shape index (κ1) is 13.8. The van der Waals surface area contributed by atoms with Crippen molar-refractivity contribution in [1.29, 1.82) is 0 Å². The molecule has 1 aromatic heterocycles. The highest BCUT2D eigenvalue weighted by Gasteiger charge is 2.19. The maximum atomic E-state index is 6.10. The predicted molar refractivity (Wildman–Crippen MR) is 73.8 cm³/mol. The number of nitrogens with two attached hydrogens (primary N) is 1. The number of rotatable bonds is 5. The Labute approximate surface area is 116 Å². The van der Waals surface area contributed by atoms with Crippen molar-refractivity contribution in [2.24, 2.45) is 0 Å². The van der Waals surface area contributed by atoms with Crippen molar-refractivity contribution in [3.05, 3.63) is 29.0 Å². The second-order valence-corrected chi connectivity index (χ2v) is 4.62. The average Bonchev–Trinajstić information content (AvgIpc) is 2.88. The smallest absolute Gasteiger partial charge is 0.259 e. The highest BCUT2D eigenvalue weighted by Crippen LogP contribution is 2.30. The topological polar surface area (TPSA) is 74.2 Å². The summed E-state index contributed by atoms with van der Waals surface area (Å²) in [5, 5.41) is 4.46. The molecule has 0 saturated carbocycles. The van der Waals surface area contributed by atoms with E-state index < -0.39 is 0 Å². The number of benzene rings is 1. The molecule has 0 aliphatic heterocycles. The van der Waals surface area contributed by atoms with Crippen LogP contribution >= 0.6 is 11.6 Å². The van der Waals surface area contributed by atoms with Crippen LogP contribution in [0.15, 0.2) is 22.7 Å². The molecule has 1 unspecified atom stereocenters. The minimum Gasteiger partial charge on any atom is -0.399 e. The van der Waals surface area contributed by atoms with Crippen molar-refractivity contribution in [1.82, 2.24) is 10.1 Å². The zero-order chi connectivity index (χ0) is 13.8. The molecule has 1 heterocycles. The molecule has 0 fully saturated rings. The van der Waals surface area contributed by atoms with Crippen LogP contribution in [0, 0.1) is 0 Å². The molecule has 2 N–H and O–H groups in total. The summed E-state index contributed by atoms with van der Waals surface area (Å²) in [4.78, 5) is 4.33. The Morgan fingerprint density at radius 1 is 1.47 bits per heavy atom. The molecule has 2 aromatic rings. The van der Waals surface area contributed by atoms with Crippen LogP contribution in [-0.2, 0) is 4.74 Å². The van der Waals surface area contributed by atoms with E-state index in [0.29, 0.717) is 28.0 Å². The van der Waals surface area contributed by atoms with Crippen molar-refractivity contribution in [2.75, 3.05) is 12.8 Å². The van der Waals surface area contributed by atoms with Crippen molar-refractivity contribution < 1.29 is 9.26 Å². The Morgan fingerprint density at radius 3 is 2.95 bits per heavy atom. The molecule has 19 heavy (non-hydrogen) atoms. The predicted octanol–water partition coefficient (Wildman–Crippen LogP) is 3.46. The molecule has 102 valence electrons. The molecule has 5 nitrogen and oxygen atoms in total. The highest BCUT2D eigenvalue weighted by atomic mass is 35.5. The Morgan fingerprint density at radius 2 is 2.26 bits per heavy atom. The molecule has 2 rings (SSSR count). The first-order valence-electron chi connectivity index (χ1n) is 6.07. The van der Waals surface area contributed by atoms with E-state index >= 15 is 0 Å². The van der Waals surface area contributed by atoms with Gasteiger partial charge in [-0.1, -0.05) is 30.1 Å². The summed E-state index contributed by atoms with van der Waals surface area (Å²) in [5.41, 5.74) is 6.96. The van der Waals surface area contributed by atoms with E-state index in [1.165, 1.54) is 0 Å². The molecule has 1 atom stereocenters. The normalized spacial score (nSPS) is 12.6. The Kier molecular flexibility index (Phi) is 4.39. The lowest BCUT2D eigenvalue weighted by Gasteiger charge is -2.08. The van der Waals surface area contributed by atoms with Gasteiger partial charge in [0, 0.05) is 12.8 Å². The van der Waals surface area contributed by atoms with Gasteiger partial charge in [-0.25, -0.2) is 0 Å². The standard InChI is InChI=1S/C13H16ClN3O2/c1-3-4-11(18-2)12-16-13(19-17-12)9-7-8(15)5-6-10(9)14/h5-7,11H,3-4,15H2,1-2H3. The largest absolute Gasteiger partial charge is 0.399 e. The maximum absolute atomic E-state index is 6.10. The van der Waals surface area contributed by atoms with Crippen molar-refractivity contribution >= 4 is 17.3 Å². The first-order chi connectivity index (χ1) is 9.15. The number of nitrogen functional groups attached to an aromatic ring is 1. The Bertz CT molecular complexity index is 557. The lowest BCUT2D eigenvalue weighted by atomic mass is 10.2. The van der Waals surface area contributed by atoms with Gasteiger partial charge in [0.05, 0.1) is 10.6 Å². The molecule has 0 spiro atoms. The molecule has 1 aromatic carbocycles. The lowest BCUT2D eigenvalue weighted by Crippen LogP contribution is -2.03. The molecule has 0 saturated heterocycles. The number of hydrogen-bond acceptors (Lipinski definition) is 5. The minimum atomic E-state index is -0.165. The molecule has 6 heteroatoms. The van der Waals surface area contributed by atoms with Gasteiger partial charge < -0.3 is 15.0 Å². The van der Waals surface area contributed by atoms with Crippen molar-refractivity contribution in [3.63, 3.8) is 0 Å². The lowest BCUT2D eigenvalue weighted by molar-refractivity contribution is 0.0854. The molecule has 0 amide bonds. The summed E-state index contributed by atoms with van der Waals surface area (Å²) in [5.74, 6) is 0.878. The van der Waals surface area contributed by atoms with Crippen molar-refractivity contribution in [3.8, 4) is 11.5 Å². The van der Waals surface area contributed by atoms with Crippen LogP contribution in [-0.4, -0.2) is 17.3 Å². The van der Waals surface area contributed by atoms with E-state index in [-0.39, 0.29) is 6.10 Å². The summed E-state index contributed by atoms with van der Waals surface area (Å²) in [6, 6.07) is 5.13. The van der Waals surface area contributed by atoms with Gasteiger partial charge in [-0.05, 0) is 24.6 Å². The second-order valence-electron chi connectivity index (χ2n) is 4.21. The number of halogens is 1. The fraction of sp³-hybridized carbons (Fsp3) is 0.385. The van der Waals surface area contributed by atoms with E-state index in [9.17, 15) is 0 Å². The van der Waals surface area contributed by atoms with Gasteiger partial charge in [-0.15, -0.1) is 0 Å². The molecular formula is C13H16ClN3O2. The zero-order valence-corrected chi connectivity index (χ0v) is 11.6. The third kappa shape index (κ3) is 3.05. The summed E-state index contributed by atoms with van der Waals surface area (Å²) in [6.07, 6.45) is 1.64. The number of anilines is 1. The fourth-order valence-electron chi connectivity index (χ4n) is 1.80. The number of hydrogen-bond donors (Lipinski definition) is 1. The van der Waals surface area contributed by atoms with Crippen LogP contribution < -0.4 is 5.73 Å². The van der Waals surface area contributed by atoms with Gasteiger partial charge >= 0.3 is 0 Å². The molecule has 0 radical (unpaired) electrons. The van der Waals surface area contributed by atoms with Crippen LogP contribution in [0.4, 0.5) is 5.69 Å². The summed E-state index contributed by atoms with van der Waals surface area (Å²) in [6.45, 7) is 2.07. The summed E-state index contributed by atoms with van der Waals surface area (Å²) < 4.78 is 10.6. The van der Waals surface area contributed by atoms with Crippen LogP contribution in [0.25, 0.3) is 11.5 Å². The quantitative estimate of drug-likeness (QED) is 0.850. The second kappa shape index (κ2) is 6.04. The monoisotopic (exact) mass is 281 g/mol. The van der Waals surface area contributed by atoms with Crippen LogP contribution in [0.1, 0.15) is 31.7 Å². The maximum Gasteiger partial charge on any atom is 0.259 e. The van der Waals surface area contributed by atoms with Gasteiger partial charge in [0.1, 0.15) is 6.10 Å². The van der Waals surface area contributed by atoms with E-state index in [2.05, 4.69) is 17.1 Å². The number of nitrogens with zero attached hydrogens (tertiary/aromatic N) is 2. The Hall–Kier alpha value is -1.59. The summed E-state index contributed by atoms with van der Waals surface area (Å²) in [7, 11) is 1.63. The number of aromatic nitrogens is 2. The van der Waals surface area contributed by atoms with E-state index in [0.717, 1.165) is 12.8 Å². The first-order valence-corrected chi connectivity index (χ1v) is 6.45. The van der Waals surface area contributed by atoms with Gasteiger partial charge in [0.15, 0.2) is 0 Å². The van der Waals surface area contributed by atoms with E-state index in [1.54, 1.807) is 25.3 Å². The van der Waals surface area contributed by atoms with E-state index in [1.807, 2.05) is 0 Å². The van der Waals surface area contributed by atoms with Gasteiger partial charge in [-0.2, -0.15) is 4.98 Å². The number of ether oxygens (including phenoxy) is 1.